The van der Waals surface area contributed by atoms with Gasteiger partial charge in [-0.15, -0.1) is 0 Å². The second-order valence-corrected chi connectivity index (χ2v) is 8.70. The SMILES string of the molecule is Cc1nccn1-c1ccc(CNC(=O)c2ccccc2Sc2ccc(Br)cn2)cc1F. The minimum absolute atomic E-state index is 0.217. The summed E-state index contributed by atoms with van der Waals surface area (Å²) in [6.45, 7) is 2.03. The van der Waals surface area contributed by atoms with E-state index in [1.54, 1.807) is 41.4 Å². The van der Waals surface area contributed by atoms with Crippen LogP contribution in [0.5, 0.6) is 0 Å². The molecule has 2 aromatic heterocycles. The lowest BCUT2D eigenvalue weighted by Gasteiger charge is -2.11. The number of halogens is 2. The first kappa shape index (κ1) is 21.3. The predicted molar refractivity (Wildman–Crippen MR) is 122 cm³/mol. The van der Waals surface area contributed by atoms with Gasteiger partial charge < -0.3 is 9.88 Å². The lowest BCUT2D eigenvalue weighted by Crippen LogP contribution is -2.23. The Morgan fingerprint density at radius 2 is 2.00 bits per heavy atom. The Labute approximate surface area is 191 Å². The molecular weight excluding hydrogens is 479 g/mol. The molecule has 2 heterocycles. The van der Waals surface area contributed by atoms with Crippen molar-refractivity contribution in [2.24, 2.45) is 0 Å². The van der Waals surface area contributed by atoms with Gasteiger partial charge in [0.15, 0.2) is 0 Å². The third kappa shape index (κ3) is 5.03. The van der Waals surface area contributed by atoms with Crippen LogP contribution in [0.1, 0.15) is 21.7 Å². The van der Waals surface area contributed by atoms with Gasteiger partial charge in [-0.2, -0.15) is 0 Å². The van der Waals surface area contributed by atoms with Crippen molar-refractivity contribution in [3.05, 3.63) is 100 Å². The smallest absolute Gasteiger partial charge is 0.252 e. The Bertz CT molecular complexity index is 1230. The summed E-state index contributed by atoms with van der Waals surface area (Å²) in [6.07, 6.45) is 5.06. The fourth-order valence-electron chi connectivity index (χ4n) is 3.04. The number of nitrogens with one attached hydrogen (secondary N) is 1. The first-order valence-electron chi connectivity index (χ1n) is 9.46. The van der Waals surface area contributed by atoms with Gasteiger partial charge in [-0.3, -0.25) is 4.79 Å². The number of amides is 1. The molecule has 0 radical (unpaired) electrons. The number of aromatic nitrogens is 3. The number of aryl methyl sites for hydroxylation is 1. The number of carbonyl (C=O) groups excluding carboxylic acids is 1. The monoisotopic (exact) mass is 496 g/mol. The average molecular weight is 497 g/mol. The van der Waals surface area contributed by atoms with E-state index < -0.39 is 0 Å². The molecule has 1 N–H and O–H groups in total. The number of nitrogens with zero attached hydrogens (tertiary/aromatic N) is 3. The zero-order chi connectivity index (χ0) is 21.8. The molecule has 4 aromatic rings. The molecule has 8 heteroatoms. The first-order chi connectivity index (χ1) is 15.0. The Kier molecular flexibility index (Phi) is 6.48. The zero-order valence-electron chi connectivity index (χ0n) is 16.5. The molecule has 156 valence electrons. The molecule has 4 rings (SSSR count). The number of carbonyl (C=O) groups is 1. The second kappa shape index (κ2) is 9.45. The lowest BCUT2D eigenvalue weighted by molar-refractivity contribution is 0.0948. The van der Waals surface area contributed by atoms with Gasteiger partial charge >= 0.3 is 0 Å². The summed E-state index contributed by atoms with van der Waals surface area (Å²) in [4.78, 5) is 22.1. The first-order valence-corrected chi connectivity index (χ1v) is 11.1. The van der Waals surface area contributed by atoms with Gasteiger partial charge in [-0.25, -0.2) is 14.4 Å². The predicted octanol–water partition coefficient (Wildman–Crippen LogP) is 5.56. The number of rotatable bonds is 6. The molecule has 0 aliphatic rings. The van der Waals surface area contributed by atoms with E-state index in [-0.39, 0.29) is 18.3 Å². The molecule has 0 bridgehead atoms. The van der Waals surface area contributed by atoms with Crippen LogP contribution in [0.2, 0.25) is 0 Å². The van der Waals surface area contributed by atoms with Crippen LogP contribution < -0.4 is 5.32 Å². The number of benzene rings is 2. The van der Waals surface area contributed by atoms with E-state index in [4.69, 9.17) is 0 Å². The normalized spacial score (nSPS) is 10.8. The second-order valence-electron chi connectivity index (χ2n) is 6.73. The van der Waals surface area contributed by atoms with Gasteiger partial charge in [0, 0.05) is 34.5 Å². The third-order valence-corrected chi connectivity index (χ3v) is 6.09. The topological polar surface area (TPSA) is 59.8 Å². The van der Waals surface area contributed by atoms with E-state index in [2.05, 4.69) is 31.2 Å². The third-order valence-electron chi connectivity index (χ3n) is 4.60. The molecule has 0 saturated heterocycles. The van der Waals surface area contributed by atoms with Crippen molar-refractivity contribution < 1.29 is 9.18 Å². The molecule has 0 atom stereocenters. The minimum atomic E-state index is -0.370. The highest BCUT2D eigenvalue weighted by Crippen LogP contribution is 2.29. The number of pyridine rings is 1. The maximum Gasteiger partial charge on any atom is 0.252 e. The highest BCUT2D eigenvalue weighted by atomic mass is 79.9. The summed E-state index contributed by atoms with van der Waals surface area (Å²) < 4.78 is 17.2. The molecule has 0 unspecified atom stereocenters. The summed E-state index contributed by atoms with van der Waals surface area (Å²) in [6, 6.07) is 16.0. The van der Waals surface area contributed by atoms with Crippen LogP contribution in [0.4, 0.5) is 4.39 Å². The van der Waals surface area contributed by atoms with E-state index in [1.807, 2.05) is 37.3 Å². The fourth-order valence-corrected chi connectivity index (χ4v) is 4.16. The van der Waals surface area contributed by atoms with Crippen molar-refractivity contribution >= 4 is 33.6 Å². The highest BCUT2D eigenvalue weighted by molar-refractivity contribution is 9.10. The summed E-state index contributed by atoms with van der Waals surface area (Å²) in [5.41, 5.74) is 1.64. The number of hydrogen-bond donors (Lipinski definition) is 1. The van der Waals surface area contributed by atoms with Gasteiger partial charge in [0.25, 0.3) is 5.91 Å². The Balaban J connectivity index is 1.46. The van der Waals surface area contributed by atoms with Crippen LogP contribution >= 0.6 is 27.7 Å². The van der Waals surface area contributed by atoms with Crippen molar-refractivity contribution in [1.82, 2.24) is 19.9 Å². The molecule has 0 fully saturated rings. The Morgan fingerprint density at radius 1 is 1.16 bits per heavy atom. The van der Waals surface area contributed by atoms with Crippen molar-refractivity contribution in [2.75, 3.05) is 0 Å². The summed E-state index contributed by atoms with van der Waals surface area (Å²) in [7, 11) is 0. The van der Waals surface area contributed by atoms with Crippen LogP contribution in [-0.4, -0.2) is 20.4 Å². The van der Waals surface area contributed by atoms with E-state index in [0.29, 0.717) is 22.6 Å². The largest absolute Gasteiger partial charge is 0.348 e. The van der Waals surface area contributed by atoms with E-state index in [9.17, 15) is 9.18 Å². The maximum absolute atomic E-state index is 14.6. The summed E-state index contributed by atoms with van der Waals surface area (Å²) in [5.74, 6) is 0.106. The van der Waals surface area contributed by atoms with E-state index >= 15 is 0 Å². The van der Waals surface area contributed by atoms with Crippen LogP contribution in [0.3, 0.4) is 0 Å². The standard InChI is InChI=1S/C23H18BrFN4OS/c1-15-26-10-11-29(15)20-8-6-16(12-19(20)25)13-28-23(30)18-4-2-3-5-21(18)31-22-9-7-17(24)14-27-22/h2-12,14H,13H2,1H3,(H,28,30). The van der Waals surface area contributed by atoms with Crippen molar-refractivity contribution in [1.29, 1.82) is 0 Å². The van der Waals surface area contributed by atoms with Gasteiger partial charge in [0.1, 0.15) is 16.7 Å². The van der Waals surface area contributed by atoms with Crippen molar-refractivity contribution in [3.8, 4) is 5.69 Å². The van der Waals surface area contributed by atoms with Crippen LogP contribution in [0, 0.1) is 12.7 Å². The Hall–Kier alpha value is -2.97. The lowest BCUT2D eigenvalue weighted by atomic mass is 10.1. The molecule has 0 spiro atoms. The molecule has 1 amide bonds. The molecule has 31 heavy (non-hydrogen) atoms. The van der Waals surface area contributed by atoms with Crippen molar-refractivity contribution in [3.63, 3.8) is 0 Å². The maximum atomic E-state index is 14.6. The molecular formula is C23H18BrFN4OS. The molecule has 5 nitrogen and oxygen atoms in total. The summed E-state index contributed by atoms with van der Waals surface area (Å²) >= 11 is 4.78. The van der Waals surface area contributed by atoms with E-state index in [0.717, 1.165) is 14.4 Å². The van der Waals surface area contributed by atoms with Gasteiger partial charge in [-0.1, -0.05) is 30.0 Å². The summed E-state index contributed by atoms with van der Waals surface area (Å²) in [5, 5.41) is 3.67. The highest BCUT2D eigenvalue weighted by Gasteiger charge is 2.13. The van der Waals surface area contributed by atoms with Crippen molar-refractivity contribution in [2.45, 2.75) is 23.4 Å². The van der Waals surface area contributed by atoms with Crippen LogP contribution in [-0.2, 0) is 6.54 Å². The number of imidazole rings is 1. The average Bonchev–Trinajstić information content (AvgIpc) is 3.19. The fraction of sp³-hybridized carbons (Fsp3) is 0.0870. The van der Waals surface area contributed by atoms with Crippen LogP contribution in [0.15, 0.2) is 87.6 Å². The van der Waals surface area contributed by atoms with Gasteiger partial charge in [-0.05, 0) is 64.8 Å². The minimum Gasteiger partial charge on any atom is -0.348 e. The zero-order valence-corrected chi connectivity index (χ0v) is 19.0. The van der Waals surface area contributed by atoms with Gasteiger partial charge in [0.2, 0.25) is 0 Å². The molecule has 0 aliphatic heterocycles. The van der Waals surface area contributed by atoms with E-state index in [1.165, 1.54) is 17.8 Å². The Morgan fingerprint density at radius 3 is 2.71 bits per heavy atom. The van der Waals surface area contributed by atoms with Crippen LogP contribution in [0.25, 0.3) is 5.69 Å². The molecule has 2 aromatic carbocycles. The number of hydrogen-bond acceptors (Lipinski definition) is 4. The quantitative estimate of drug-likeness (QED) is 0.379. The van der Waals surface area contributed by atoms with Gasteiger partial charge in [0.05, 0.1) is 11.3 Å². The molecule has 0 aliphatic carbocycles. The molecule has 0 saturated carbocycles.